The number of esters is 1. The minimum Gasteiger partial charge on any atom is -0.457 e. The highest BCUT2D eigenvalue weighted by Crippen LogP contribution is 2.31. The van der Waals surface area contributed by atoms with Crippen LogP contribution in [-0.2, 0) is 11.3 Å². The maximum Gasteiger partial charge on any atom is 0.339 e. The maximum absolute atomic E-state index is 12.8. The topological polar surface area (TPSA) is 165 Å². The first-order chi connectivity index (χ1) is 14.3. The van der Waals surface area contributed by atoms with Gasteiger partial charge in [0.15, 0.2) is 0 Å². The molecule has 0 heterocycles. The fourth-order valence-electron chi connectivity index (χ4n) is 2.91. The lowest BCUT2D eigenvalue weighted by molar-refractivity contribution is -0.396. The zero-order valence-electron chi connectivity index (χ0n) is 15.5. The number of nitro benzene ring substituents is 2. The van der Waals surface area contributed by atoms with Gasteiger partial charge in [-0.2, -0.15) is 0 Å². The molecule has 152 valence electrons. The fraction of sp³-hybridized carbons (Fsp3) is 0.0500. The van der Waals surface area contributed by atoms with Crippen molar-refractivity contribution in [3.8, 4) is 11.1 Å². The number of nitro groups is 2. The quantitative estimate of drug-likeness (QED) is 0.270. The summed E-state index contributed by atoms with van der Waals surface area (Å²) in [7, 11) is 0. The molecule has 0 unspecified atom stereocenters. The van der Waals surface area contributed by atoms with Crippen molar-refractivity contribution in [2.75, 3.05) is 11.5 Å². The molecule has 0 aromatic heterocycles. The van der Waals surface area contributed by atoms with Crippen LogP contribution in [0.1, 0.15) is 15.9 Å². The van der Waals surface area contributed by atoms with Crippen LogP contribution in [0.5, 0.6) is 0 Å². The van der Waals surface area contributed by atoms with E-state index in [0.29, 0.717) is 22.5 Å². The van der Waals surface area contributed by atoms with Gasteiger partial charge < -0.3 is 16.2 Å². The predicted molar refractivity (Wildman–Crippen MR) is 110 cm³/mol. The van der Waals surface area contributed by atoms with Gasteiger partial charge in [-0.3, -0.25) is 20.2 Å². The Morgan fingerprint density at radius 1 is 0.867 bits per heavy atom. The summed E-state index contributed by atoms with van der Waals surface area (Å²) >= 11 is 0. The lowest BCUT2D eigenvalue weighted by Crippen LogP contribution is -2.10. The van der Waals surface area contributed by atoms with Crippen LogP contribution in [0.4, 0.5) is 22.7 Å². The van der Waals surface area contributed by atoms with Crippen molar-refractivity contribution in [2.45, 2.75) is 6.61 Å². The summed E-state index contributed by atoms with van der Waals surface area (Å²) in [6.07, 6.45) is 0. The normalized spacial score (nSPS) is 10.4. The summed E-state index contributed by atoms with van der Waals surface area (Å²) in [6.45, 7) is -0.651. The van der Waals surface area contributed by atoms with Gasteiger partial charge in [-0.1, -0.05) is 18.2 Å². The van der Waals surface area contributed by atoms with E-state index < -0.39 is 33.8 Å². The minimum atomic E-state index is -0.832. The number of rotatable bonds is 6. The van der Waals surface area contributed by atoms with Crippen LogP contribution in [0.25, 0.3) is 11.1 Å². The van der Waals surface area contributed by atoms with Crippen molar-refractivity contribution in [2.24, 2.45) is 0 Å². The summed E-state index contributed by atoms with van der Waals surface area (Å²) in [5, 5.41) is 22.5. The molecule has 3 aromatic rings. The molecule has 3 rings (SSSR count). The highest BCUT2D eigenvalue weighted by molar-refractivity contribution is 5.98. The third-order valence-corrected chi connectivity index (χ3v) is 4.35. The van der Waals surface area contributed by atoms with E-state index in [2.05, 4.69) is 0 Å². The van der Waals surface area contributed by atoms with Crippen LogP contribution in [0.2, 0.25) is 0 Å². The standard InChI is InChI=1S/C20H16N4O6/c21-13-6-4-12(5-7-13)15-9-8-14(22)10-16(15)20(25)30-11-17-18(23(26)27)2-1-3-19(17)24(28)29/h1-10H,11,21-22H2. The smallest absolute Gasteiger partial charge is 0.339 e. The number of hydrogen-bond donors (Lipinski definition) is 2. The lowest BCUT2D eigenvalue weighted by atomic mass is 9.99. The fourth-order valence-corrected chi connectivity index (χ4v) is 2.91. The van der Waals surface area contributed by atoms with Gasteiger partial charge >= 0.3 is 5.97 Å². The van der Waals surface area contributed by atoms with Gasteiger partial charge in [0.05, 0.1) is 15.4 Å². The molecule has 0 aliphatic carbocycles. The first kappa shape index (κ1) is 20.3. The van der Waals surface area contributed by atoms with E-state index in [1.807, 2.05) is 0 Å². The van der Waals surface area contributed by atoms with E-state index >= 15 is 0 Å². The van der Waals surface area contributed by atoms with E-state index in [4.69, 9.17) is 16.2 Å². The van der Waals surface area contributed by atoms with Gasteiger partial charge in [0, 0.05) is 23.5 Å². The van der Waals surface area contributed by atoms with Crippen LogP contribution in [-0.4, -0.2) is 15.8 Å². The summed E-state index contributed by atoms with van der Waals surface area (Å²) in [5.41, 5.74) is 12.3. The van der Waals surface area contributed by atoms with E-state index in [0.717, 1.165) is 12.1 Å². The number of carbonyl (C=O) groups is 1. The van der Waals surface area contributed by atoms with Crippen molar-refractivity contribution in [3.63, 3.8) is 0 Å². The van der Waals surface area contributed by atoms with Crippen LogP contribution in [0.15, 0.2) is 60.7 Å². The molecule has 0 spiro atoms. The van der Waals surface area contributed by atoms with E-state index in [1.54, 1.807) is 36.4 Å². The zero-order valence-corrected chi connectivity index (χ0v) is 15.5. The molecule has 30 heavy (non-hydrogen) atoms. The van der Waals surface area contributed by atoms with Crippen molar-refractivity contribution >= 4 is 28.7 Å². The molecule has 0 fully saturated rings. The number of benzene rings is 3. The molecule has 4 N–H and O–H groups in total. The summed E-state index contributed by atoms with van der Waals surface area (Å²) in [4.78, 5) is 33.7. The van der Waals surface area contributed by atoms with Gasteiger partial charge in [-0.15, -0.1) is 0 Å². The molecule has 0 aliphatic heterocycles. The Hall–Kier alpha value is -4.47. The van der Waals surface area contributed by atoms with Crippen LogP contribution in [0, 0.1) is 20.2 Å². The molecule has 10 heteroatoms. The van der Waals surface area contributed by atoms with Crippen molar-refractivity contribution in [3.05, 3.63) is 92.0 Å². The number of nitrogens with two attached hydrogens (primary N) is 2. The largest absolute Gasteiger partial charge is 0.457 e. The van der Waals surface area contributed by atoms with Crippen LogP contribution in [0.3, 0.4) is 0 Å². The third-order valence-electron chi connectivity index (χ3n) is 4.35. The average Bonchev–Trinajstić information content (AvgIpc) is 2.72. The van der Waals surface area contributed by atoms with Crippen molar-refractivity contribution in [1.82, 2.24) is 0 Å². The highest BCUT2D eigenvalue weighted by atomic mass is 16.6. The lowest BCUT2D eigenvalue weighted by Gasteiger charge is -2.11. The Morgan fingerprint density at radius 2 is 1.43 bits per heavy atom. The molecule has 3 aromatic carbocycles. The predicted octanol–water partition coefficient (Wildman–Crippen LogP) is 3.69. The van der Waals surface area contributed by atoms with Gasteiger partial charge in [-0.05, 0) is 41.5 Å². The van der Waals surface area contributed by atoms with E-state index in [-0.39, 0.29) is 11.1 Å². The van der Waals surface area contributed by atoms with Gasteiger partial charge in [0.1, 0.15) is 12.2 Å². The Morgan fingerprint density at radius 3 is 2.00 bits per heavy atom. The molecular formula is C20H16N4O6. The van der Waals surface area contributed by atoms with E-state index in [1.165, 1.54) is 12.1 Å². The average molecular weight is 408 g/mol. The minimum absolute atomic E-state index is 0.112. The Bertz CT molecular complexity index is 1110. The second kappa shape index (κ2) is 8.27. The second-order valence-corrected chi connectivity index (χ2v) is 6.29. The second-order valence-electron chi connectivity index (χ2n) is 6.29. The number of hydrogen-bond acceptors (Lipinski definition) is 8. The molecule has 10 nitrogen and oxygen atoms in total. The zero-order chi connectivity index (χ0) is 21.8. The van der Waals surface area contributed by atoms with E-state index in [9.17, 15) is 25.0 Å². The Balaban J connectivity index is 1.95. The monoisotopic (exact) mass is 408 g/mol. The Labute approximate surface area is 170 Å². The van der Waals surface area contributed by atoms with Crippen molar-refractivity contribution < 1.29 is 19.4 Å². The first-order valence-corrected chi connectivity index (χ1v) is 8.61. The molecule has 0 saturated heterocycles. The number of anilines is 2. The molecule has 0 saturated carbocycles. The maximum atomic E-state index is 12.8. The van der Waals surface area contributed by atoms with Gasteiger partial charge in [0.2, 0.25) is 0 Å². The van der Waals surface area contributed by atoms with Crippen molar-refractivity contribution in [1.29, 1.82) is 0 Å². The molecule has 0 bridgehead atoms. The number of ether oxygens (including phenoxy) is 1. The molecular weight excluding hydrogens is 392 g/mol. The highest BCUT2D eigenvalue weighted by Gasteiger charge is 2.26. The molecule has 0 aliphatic rings. The number of nitrogen functional groups attached to an aromatic ring is 2. The summed E-state index contributed by atoms with van der Waals surface area (Å²) in [5.74, 6) is -0.832. The summed E-state index contributed by atoms with van der Waals surface area (Å²) in [6, 6.07) is 14.8. The SMILES string of the molecule is Nc1ccc(-c2ccc(N)cc2C(=O)OCc2c([N+](=O)[O-])cccc2[N+](=O)[O-])cc1. The Kier molecular flexibility index (Phi) is 5.59. The van der Waals surface area contributed by atoms with Crippen LogP contribution < -0.4 is 11.5 Å². The first-order valence-electron chi connectivity index (χ1n) is 8.61. The number of nitrogens with zero attached hydrogens (tertiary/aromatic N) is 2. The third kappa shape index (κ3) is 4.17. The molecule has 0 radical (unpaired) electrons. The summed E-state index contributed by atoms with van der Waals surface area (Å²) < 4.78 is 5.21. The number of carbonyl (C=O) groups excluding carboxylic acids is 1. The molecule has 0 amide bonds. The van der Waals surface area contributed by atoms with Gasteiger partial charge in [-0.25, -0.2) is 4.79 Å². The van der Waals surface area contributed by atoms with Crippen LogP contribution >= 0.6 is 0 Å². The molecule has 0 atom stereocenters. The van der Waals surface area contributed by atoms with Gasteiger partial charge in [0.25, 0.3) is 11.4 Å².